The zero-order valence-corrected chi connectivity index (χ0v) is 13.7. The first-order chi connectivity index (χ1) is 10.3. The van der Waals surface area contributed by atoms with Gasteiger partial charge in [-0.05, 0) is 19.3 Å². The number of rotatable bonds is 16. The Kier molecular flexibility index (Phi) is 16.9. The molecule has 0 aliphatic rings. The zero-order chi connectivity index (χ0) is 15.6. The average molecular weight is 304 g/mol. The third kappa shape index (κ3) is 17.3. The summed E-state index contributed by atoms with van der Waals surface area (Å²) in [5.74, 6) is -0.142. The molecule has 0 rings (SSSR count). The fraction of sp³-hybridized carbons (Fsp3) is 0.938. The van der Waals surface area contributed by atoms with E-state index in [1.54, 1.807) is 0 Å². The molecule has 0 aliphatic carbocycles. The highest BCUT2D eigenvalue weighted by Crippen LogP contribution is 1.95. The van der Waals surface area contributed by atoms with Gasteiger partial charge >= 0.3 is 5.97 Å². The Balaban J connectivity index is 3.04. The maximum atomic E-state index is 11.2. The molecule has 0 radical (unpaired) electrons. The van der Waals surface area contributed by atoms with Crippen LogP contribution in [0.1, 0.15) is 52.4 Å². The lowest BCUT2D eigenvalue weighted by Crippen LogP contribution is -2.11. The molecule has 5 nitrogen and oxygen atoms in total. The highest BCUT2D eigenvalue weighted by atomic mass is 16.5. The molecule has 0 aromatic rings. The van der Waals surface area contributed by atoms with Crippen molar-refractivity contribution < 1.29 is 23.7 Å². The number of carbonyl (C=O) groups is 1. The van der Waals surface area contributed by atoms with E-state index in [0.717, 1.165) is 19.4 Å². The van der Waals surface area contributed by atoms with E-state index >= 15 is 0 Å². The lowest BCUT2D eigenvalue weighted by atomic mass is 10.3. The third-order valence-corrected chi connectivity index (χ3v) is 2.77. The smallest absolute Gasteiger partial charge is 0.305 e. The summed E-state index contributed by atoms with van der Waals surface area (Å²) >= 11 is 0. The van der Waals surface area contributed by atoms with E-state index < -0.39 is 0 Å². The van der Waals surface area contributed by atoms with Crippen LogP contribution in [0.3, 0.4) is 0 Å². The molecule has 0 aromatic carbocycles. The SMILES string of the molecule is CCCCCOCCOCCOCCCC(=O)OCCC. The Morgan fingerprint density at radius 3 is 1.81 bits per heavy atom. The molecule has 0 unspecified atom stereocenters. The van der Waals surface area contributed by atoms with Gasteiger partial charge in [0.15, 0.2) is 0 Å². The van der Waals surface area contributed by atoms with Gasteiger partial charge in [0.2, 0.25) is 0 Å². The molecule has 0 saturated carbocycles. The van der Waals surface area contributed by atoms with E-state index in [1.807, 2.05) is 6.92 Å². The van der Waals surface area contributed by atoms with Crippen LogP contribution in [0, 0.1) is 0 Å². The zero-order valence-electron chi connectivity index (χ0n) is 13.7. The van der Waals surface area contributed by atoms with Gasteiger partial charge in [-0.2, -0.15) is 0 Å². The van der Waals surface area contributed by atoms with Crippen molar-refractivity contribution in [2.24, 2.45) is 0 Å². The first kappa shape index (κ1) is 20.3. The van der Waals surface area contributed by atoms with Crippen LogP contribution in [0.4, 0.5) is 0 Å². The second kappa shape index (κ2) is 17.4. The Bertz CT molecular complexity index is 221. The molecule has 0 spiro atoms. The van der Waals surface area contributed by atoms with Gasteiger partial charge in [-0.25, -0.2) is 0 Å². The summed E-state index contributed by atoms with van der Waals surface area (Å²) in [6.45, 7) is 8.43. The van der Waals surface area contributed by atoms with Crippen molar-refractivity contribution >= 4 is 5.97 Å². The molecule has 0 amide bonds. The van der Waals surface area contributed by atoms with Crippen LogP contribution >= 0.6 is 0 Å². The summed E-state index contributed by atoms with van der Waals surface area (Å²) < 4.78 is 21.1. The monoisotopic (exact) mass is 304 g/mol. The summed E-state index contributed by atoms with van der Waals surface area (Å²) in [7, 11) is 0. The van der Waals surface area contributed by atoms with Gasteiger partial charge in [0.1, 0.15) is 0 Å². The number of hydrogen-bond acceptors (Lipinski definition) is 5. The van der Waals surface area contributed by atoms with E-state index in [9.17, 15) is 4.79 Å². The third-order valence-electron chi connectivity index (χ3n) is 2.77. The molecular formula is C16H32O5. The average Bonchev–Trinajstić information content (AvgIpc) is 2.49. The molecule has 0 bridgehead atoms. The van der Waals surface area contributed by atoms with E-state index in [0.29, 0.717) is 52.5 Å². The molecule has 5 heteroatoms. The predicted octanol–water partition coefficient (Wildman–Crippen LogP) is 2.96. The Morgan fingerprint density at radius 1 is 0.667 bits per heavy atom. The van der Waals surface area contributed by atoms with Crippen LogP contribution in [0.5, 0.6) is 0 Å². The summed E-state index contributed by atoms with van der Waals surface area (Å²) in [4.78, 5) is 11.2. The topological polar surface area (TPSA) is 54.0 Å². The molecule has 0 N–H and O–H groups in total. The summed E-state index contributed by atoms with van der Waals surface area (Å²) in [6, 6.07) is 0. The van der Waals surface area contributed by atoms with E-state index in [-0.39, 0.29) is 5.97 Å². The largest absolute Gasteiger partial charge is 0.466 e. The molecule has 0 heterocycles. The highest BCUT2D eigenvalue weighted by Gasteiger charge is 2.01. The van der Waals surface area contributed by atoms with Crippen LogP contribution < -0.4 is 0 Å². The number of carbonyl (C=O) groups excluding carboxylic acids is 1. The van der Waals surface area contributed by atoms with Crippen LogP contribution in [0.25, 0.3) is 0 Å². The minimum atomic E-state index is -0.142. The minimum Gasteiger partial charge on any atom is -0.466 e. The first-order valence-electron chi connectivity index (χ1n) is 8.20. The quantitative estimate of drug-likeness (QED) is 0.324. The number of hydrogen-bond donors (Lipinski definition) is 0. The lowest BCUT2D eigenvalue weighted by Gasteiger charge is -2.07. The van der Waals surface area contributed by atoms with Crippen molar-refractivity contribution in [2.45, 2.75) is 52.4 Å². The van der Waals surface area contributed by atoms with Gasteiger partial charge in [-0.1, -0.05) is 26.7 Å². The standard InChI is InChI=1S/C16H32O5/c1-3-5-6-10-18-12-14-20-15-13-19-11-7-8-16(17)21-9-4-2/h3-15H2,1-2H3. The Labute approximate surface area is 129 Å². The second-order valence-corrected chi connectivity index (χ2v) is 4.87. The fourth-order valence-electron chi connectivity index (χ4n) is 1.60. The molecule has 0 aromatic heterocycles. The number of ether oxygens (including phenoxy) is 4. The Hall–Kier alpha value is -0.650. The van der Waals surface area contributed by atoms with E-state index in [4.69, 9.17) is 18.9 Å². The molecule has 126 valence electrons. The number of unbranched alkanes of at least 4 members (excludes halogenated alkanes) is 2. The van der Waals surface area contributed by atoms with Crippen LogP contribution in [-0.2, 0) is 23.7 Å². The lowest BCUT2D eigenvalue weighted by molar-refractivity contribution is -0.144. The highest BCUT2D eigenvalue weighted by molar-refractivity contribution is 5.69. The molecule has 0 fully saturated rings. The van der Waals surface area contributed by atoms with Gasteiger partial charge in [0.25, 0.3) is 0 Å². The van der Waals surface area contributed by atoms with E-state index in [1.165, 1.54) is 12.8 Å². The van der Waals surface area contributed by atoms with Crippen LogP contribution in [0.2, 0.25) is 0 Å². The maximum absolute atomic E-state index is 11.2. The van der Waals surface area contributed by atoms with Crippen molar-refractivity contribution in [1.82, 2.24) is 0 Å². The summed E-state index contributed by atoms with van der Waals surface area (Å²) in [6.07, 6.45) is 5.55. The molecule has 0 atom stereocenters. The molecule has 0 aliphatic heterocycles. The maximum Gasteiger partial charge on any atom is 0.305 e. The summed E-state index contributed by atoms with van der Waals surface area (Å²) in [5, 5.41) is 0. The van der Waals surface area contributed by atoms with Gasteiger partial charge in [0.05, 0.1) is 33.0 Å². The van der Waals surface area contributed by atoms with Crippen LogP contribution in [0.15, 0.2) is 0 Å². The fourth-order valence-corrected chi connectivity index (χ4v) is 1.60. The predicted molar refractivity (Wildman–Crippen MR) is 82.5 cm³/mol. The van der Waals surface area contributed by atoms with Crippen molar-refractivity contribution in [3.63, 3.8) is 0 Å². The minimum absolute atomic E-state index is 0.142. The second-order valence-electron chi connectivity index (χ2n) is 4.87. The van der Waals surface area contributed by atoms with Crippen molar-refractivity contribution in [2.75, 3.05) is 46.2 Å². The van der Waals surface area contributed by atoms with E-state index in [2.05, 4.69) is 6.92 Å². The van der Waals surface area contributed by atoms with Gasteiger partial charge < -0.3 is 18.9 Å². The molecule has 0 saturated heterocycles. The van der Waals surface area contributed by atoms with Gasteiger partial charge in [-0.3, -0.25) is 4.79 Å². The number of esters is 1. The molecule has 21 heavy (non-hydrogen) atoms. The Morgan fingerprint density at radius 2 is 1.24 bits per heavy atom. The first-order valence-corrected chi connectivity index (χ1v) is 8.20. The van der Waals surface area contributed by atoms with Crippen molar-refractivity contribution in [3.8, 4) is 0 Å². The van der Waals surface area contributed by atoms with Gasteiger partial charge in [-0.15, -0.1) is 0 Å². The molecular weight excluding hydrogens is 272 g/mol. The van der Waals surface area contributed by atoms with Crippen LogP contribution in [-0.4, -0.2) is 52.2 Å². The van der Waals surface area contributed by atoms with Gasteiger partial charge in [0, 0.05) is 19.6 Å². The summed E-state index contributed by atoms with van der Waals surface area (Å²) in [5.41, 5.74) is 0. The normalized spacial score (nSPS) is 10.8. The van der Waals surface area contributed by atoms with Crippen molar-refractivity contribution in [1.29, 1.82) is 0 Å². The van der Waals surface area contributed by atoms with Crippen molar-refractivity contribution in [3.05, 3.63) is 0 Å².